The molecule has 1 unspecified atom stereocenters. The molecule has 0 spiro atoms. The molecule has 5 heteroatoms. The molecular weight excluding hydrogens is 386 g/mol. The molecule has 1 heterocycles. The number of furan rings is 1. The minimum Gasteiger partial charge on any atom is -0.465 e. The van der Waals surface area contributed by atoms with Gasteiger partial charge in [0.25, 0.3) is 0 Å². The Morgan fingerprint density at radius 2 is 1.69 bits per heavy atom. The lowest BCUT2D eigenvalue weighted by Crippen LogP contribution is -2.25. The van der Waals surface area contributed by atoms with Gasteiger partial charge in [0.2, 0.25) is 5.91 Å². The Morgan fingerprint density at radius 3 is 2.28 bits per heavy atom. The molecule has 1 N–H and O–H groups in total. The SMILES string of the molecule is CC(C)C(C(=O)Nc1ccc(C(=O)C=Cc2ccco2)cc1)c1ccc(Cl)cc1. The molecule has 1 atom stereocenters. The van der Waals surface area contributed by atoms with Crippen LogP contribution in [0.15, 0.2) is 77.4 Å². The third-order valence-electron chi connectivity index (χ3n) is 4.56. The van der Waals surface area contributed by atoms with E-state index in [0.29, 0.717) is 22.0 Å². The average molecular weight is 408 g/mol. The molecule has 1 amide bonds. The first-order chi connectivity index (χ1) is 13.9. The largest absolute Gasteiger partial charge is 0.465 e. The van der Waals surface area contributed by atoms with Crippen molar-refractivity contribution in [3.63, 3.8) is 0 Å². The van der Waals surface area contributed by atoms with Gasteiger partial charge in [-0.1, -0.05) is 37.6 Å². The Balaban J connectivity index is 1.68. The number of halogens is 1. The fourth-order valence-corrected chi connectivity index (χ4v) is 3.21. The van der Waals surface area contributed by atoms with Gasteiger partial charge in [0, 0.05) is 16.3 Å². The third kappa shape index (κ3) is 5.46. The quantitative estimate of drug-likeness (QED) is 0.374. The van der Waals surface area contributed by atoms with Crippen LogP contribution in [0.3, 0.4) is 0 Å². The van der Waals surface area contributed by atoms with Crippen LogP contribution in [-0.4, -0.2) is 11.7 Å². The van der Waals surface area contributed by atoms with Gasteiger partial charge in [0.1, 0.15) is 5.76 Å². The van der Waals surface area contributed by atoms with Crippen LogP contribution in [-0.2, 0) is 4.79 Å². The van der Waals surface area contributed by atoms with Crippen molar-refractivity contribution in [2.45, 2.75) is 19.8 Å². The zero-order valence-corrected chi connectivity index (χ0v) is 17.0. The van der Waals surface area contributed by atoms with Crippen LogP contribution in [0.5, 0.6) is 0 Å². The lowest BCUT2D eigenvalue weighted by molar-refractivity contribution is -0.118. The van der Waals surface area contributed by atoms with Crippen LogP contribution in [0.4, 0.5) is 5.69 Å². The van der Waals surface area contributed by atoms with Gasteiger partial charge in [-0.05, 0) is 72.2 Å². The number of benzene rings is 2. The maximum atomic E-state index is 12.9. The highest BCUT2D eigenvalue weighted by molar-refractivity contribution is 6.30. The van der Waals surface area contributed by atoms with E-state index < -0.39 is 0 Å². The number of nitrogens with one attached hydrogen (secondary N) is 1. The summed E-state index contributed by atoms with van der Waals surface area (Å²) in [5.74, 6) is 0.192. The second-order valence-electron chi connectivity index (χ2n) is 7.05. The molecule has 0 saturated heterocycles. The molecule has 1 aromatic heterocycles. The van der Waals surface area contributed by atoms with Crippen molar-refractivity contribution in [1.29, 1.82) is 0 Å². The van der Waals surface area contributed by atoms with Gasteiger partial charge in [-0.3, -0.25) is 9.59 Å². The fourth-order valence-electron chi connectivity index (χ4n) is 3.09. The number of allylic oxidation sites excluding steroid dienone is 1. The Bertz CT molecular complexity index is 988. The number of carbonyl (C=O) groups excluding carboxylic acids is 2. The minimum atomic E-state index is -0.301. The molecule has 0 aliphatic carbocycles. The molecule has 2 aromatic carbocycles. The number of rotatable bonds is 7. The standard InChI is InChI=1S/C24H22ClNO3/c1-16(2)23(18-5-9-19(25)10-6-18)24(28)26-20-11-7-17(8-12-20)22(27)14-13-21-4-3-15-29-21/h3-16,23H,1-2H3,(H,26,28). The lowest BCUT2D eigenvalue weighted by atomic mass is 9.87. The topological polar surface area (TPSA) is 59.3 Å². The van der Waals surface area contributed by atoms with Crippen molar-refractivity contribution in [2.24, 2.45) is 5.92 Å². The number of amides is 1. The van der Waals surface area contributed by atoms with Crippen LogP contribution in [0.2, 0.25) is 5.02 Å². The Kier molecular flexibility index (Phi) is 6.68. The summed E-state index contributed by atoms with van der Waals surface area (Å²) >= 11 is 5.96. The first kappa shape index (κ1) is 20.6. The number of ketones is 1. The first-order valence-corrected chi connectivity index (χ1v) is 9.74. The van der Waals surface area contributed by atoms with E-state index in [4.69, 9.17) is 16.0 Å². The second-order valence-corrected chi connectivity index (χ2v) is 7.49. The molecule has 3 rings (SSSR count). The van der Waals surface area contributed by atoms with E-state index in [-0.39, 0.29) is 23.5 Å². The van der Waals surface area contributed by atoms with Crippen molar-refractivity contribution in [3.05, 3.63) is 94.9 Å². The third-order valence-corrected chi connectivity index (χ3v) is 4.81. The van der Waals surface area contributed by atoms with E-state index in [2.05, 4.69) is 5.32 Å². The van der Waals surface area contributed by atoms with Gasteiger partial charge < -0.3 is 9.73 Å². The Labute approximate surface area is 175 Å². The summed E-state index contributed by atoms with van der Waals surface area (Å²) in [6.45, 7) is 4.01. The Morgan fingerprint density at radius 1 is 1.00 bits per heavy atom. The van der Waals surface area contributed by atoms with Gasteiger partial charge >= 0.3 is 0 Å². The highest BCUT2D eigenvalue weighted by Crippen LogP contribution is 2.27. The molecule has 29 heavy (non-hydrogen) atoms. The highest BCUT2D eigenvalue weighted by atomic mass is 35.5. The highest BCUT2D eigenvalue weighted by Gasteiger charge is 2.24. The van der Waals surface area contributed by atoms with Crippen LogP contribution in [0.1, 0.15) is 41.4 Å². The molecule has 0 aliphatic heterocycles. The summed E-state index contributed by atoms with van der Waals surface area (Å²) in [4.78, 5) is 25.1. The Hall–Kier alpha value is -3.11. The normalized spacial score (nSPS) is 12.3. The number of hydrogen-bond acceptors (Lipinski definition) is 3. The fraction of sp³-hybridized carbons (Fsp3) is 0.167. The zero-order valence-electron chi connectivity index (χ0n) is 16.3. The van der Waals surface area contributed by atoms with E-state index in [1.165, 1.54) is 6.08 Å². The first-order valence-electron chi connectivity index (χ1n) is 9.36. The maximum Gasteiger partial charge on any atom is 0.232 e. The molecule has 0 saturated carbocycles. The van der Waals surface area contributed by atoms with Gasteiger partial charge in [-0.2, -0.15) is 0 Å². The van der Waals surface area contributed by atoms with Crippen LogP contribution < -0.4 is 5.32 Å². The summed E-state index contributed by atoms with van der Waals surface area (Å²) < 4.78 is 5.17. The molecule has 0 radical (unpaired) electrons. The van der Waals surface area contributed by atoms with Gasteiger partial charge in [-0.25, -0.2) is 0 Å². The summed E-state index contributed by atoms with van der Waals surface area (Å²) in [5.41, 5.74) is 2.09. The molecule has 0 fully saturated rings. The van der Waals surface area contributed by atoms with E-state index in [1.54, 1.807) is 60.9 Å². The van der Waals surface area contributed by atoms with Gasteiger partial charge in [-0.15, -0.1) is 0 Å². The smallest absolute Gasteiger partial charge is 0.232 e. The molecule has 148 valence electrons. The molecular formula is C24H22ClNO3. The number of hydrogen-bond donors (Lipinski definition) is 1. The van der Waals surface area contributed by atoms with E-state index in [9.17, 15) is 9.59 Å². The molecule has 3 aromatic rings. The second kappa shape index (κ2) is 9.39. The van der Waals surface area contributed by atoms with Crippen LogP contribution in [0.25, 0.3) is 6.08 Å². The van der Waals surface area contributed by atoms with E-state index in [1.807, 2.05) is 26.0 Å². The number of anilines is 1. The van der Waals surface area contributed by atoms with Crippen molar-refractivity contribution in [1.82, 2.24) is 0 Å². The van der Waals surface area contributed by atoms with Crippen molar-refractivity contribution < 1.29 is 14.0 Å². The molecule has 0 bridgehead atoms. The van der Waals surface area contributed by atoms with Crippen molar-refractivity contribution in [2.75, 3.05) is 5.32 Å². The number of carbonyl (C=O) groups is 2. The summed E-state index contributed by atoms with van der Waals surface area (Å²) in [6, 6.07) is 17.7. The van der Waals surface area contributed by atoms with Crippen molar-refractivity contribution >= 4 is 35.1 Å². The molecule has 4 nitrogen and oxygen atoms in total. The average Bonchev–Trinajstić information content (AvgIpc) is 3.22. The van der Waals surface area contributed by atoms with E-state index >= 15 is 0 Å². The zero-order chi connectivity index (χ0) is 20.8. The summed E-state index contributed by atoms with van der Waals surface area (Å²) in [6.07, 6.45) is 4.63. The van der Waals surface area contributed by atoms with Crippen LogP contribution >= 0.6 is 11.6 Å². The maximum absolute atomic E-state index is 12.9. The summed E-state index contributed by atoms with van der Waals surface area (Å²) in [7, 11) is 0. The van der Waals surface area contributed by atoms with Gasteiger partial charge in [0.15, 0.2) is 5.78 Å². The summed E-state index contributed by atoms with van der Waals surface area (Å²) in [5, 5.41) is 3.58. The van der Waals surface area contributed by atoms with Crippen LogP contribution in [0, 0.1) is 5.92 Å². The van der Waals surface area contributed by atoms with Crippen molar-refractivity contribution in [3.8, 4) is 0 Å². The lowest BCUT2D eigenvalue weighted by Gasteiger charge is -2.21. The van der Waals surface area contributed by atoms with Gasteiger partial charge in [0.05, 0.1) is 12.2 Å². The monoisotopic (exact) mass is 407 g/mol. The predicted molar refractivity (Wildman–Crippen MR) is 116 cm³/mol. The molecule has 0 aliphatic rings. The van der Waals surface area contributed by atoms with E-state index in [0.717, 1.165) is 5.56 Å². The minimum absolute atomic E-state index is 0.0980. The predicted octanol–water partition coefficient (Wildman–Crippen LogP) is 6.21.